The maximum Gasteiger partial charge on any atom is 0.238 e. The van der Waals surface area contributed by atoms with E-state index in [0.29, 0.717) is 10.6 Å². The second kappa shape index (κ2) is 8.65. The zero-order valence-electron chi connectivity index (χ0n) is 14.4. The molecule has 0 fully saturated rings. The summed E-state index contributed by atoms with van der Waals surface area (Å²) in [6, 6.07) is 8.29. The van der Waals surface area contributed by atoms with Crippen molar-refractivity contribution < 1.29 is 9.18 Å². The fourth-order valence-corrected chi connectivity index (χ4v) is 3.16. The molecule has 0 spiro atoms. The molecule has 0 saturated carbocycles. The van der Waals surface area contributed by atoms with Gasteiger partial charge in [0, 0.05) is 16.8 Å². The van der Waals surface area contributed by atoms with Gasteiger partial charge in [0.2, 0.25) is 5.91 Å². The number of anilines is 1. The smallest absolute Gasteiger partial charge is 0.238 e. The van der Waals surface area contributed by atoms with Crippen molar-refractivity contribution in [2.75, 3.05) is 11.9 Å². The molecule has 0 unspecified atom stereocenters. The fourth-order valence-electron chi connectivity index (χ4n) is 2.61. The largest absolute Gasteiger partial charge is 0.324 e. The van der Waals surface area contributed by atoms with Gasteiger partial charge in [0.1, 0.15) is 5.82 Å². The standard InChI is InChI=1S/C19H21Cl2FN2O/c1-4-13-7-5-6-11(2)19(13)24-18(25)10-23-12(3)14-8-17(22)16(21)9-15(14)20/h5-9,12,23H,4,10H2,1-3H3,(H,24,25)/t12-/m1/s1. The van der Waals surface area contributed by atoms with Crippen molar-refractivity contribution in [1.82, 2.24) is 5.32 Å². The zero-order valence-corrected chi connectivity index (χ0v) is 15.9. The van der Waals surface area contributed by atoms with E-state index >= 15 is 0 Å². The van der Waals surface area contributed by atoms with Gasteiger partial charge in [-0.25, -0.2) is 4.39 Å². The topological polar surface area (TPSA) is 41.1 Å². The van der Waals surface area contributed by atoms with Crippen LogP contribution >= 0.6 is 23.2 Å². The highest BCUT2D eigenvalue weighted by molar-refractivity contribution is 6.35. The first kappa shape index (κ1) is 19.7. The van der Waals surface area contributed by atoms with Crippen molar-refractivity contribution >= 4 is 34.8 Å². The van der Waals surface area contributed by atoms with E-state index in [9.17, 15) is 9.18 Å². The van der Waals surface area contributed by atoms with Gasteiger partial charge < -0.3 is 10.6 Å². The van der Waals surface area contributed by atoms with Crippen LogP contribution in [0.1, 0.15) is 36.6 Å². The SMILES string of the molecule is CCc1cccc(C)c1NC(=O)CN[C@H](C)c1cc(F)c(Cl)cc1Cl. The molecule has 2 aromatic rings. The molecule has 25 heavy (non-hydrogen) atoms. The summed E-state index contributed by atoms with van der Waals surface area (Å²) in [6.07, 6.45) is 0.834. The Hall–Kier alpha value is -1.62. The summed E-state index contributed by atoms with van der Waals surface area (Å²) in [5, 5.41) is 6.34. The van der Waals surface area contributed by atoms with Gasteiger partial charge in [0.15, 0.2) is 0 Å². The predicted octanol–water partition coefficient (Wildman–Crippen LogP) is 5.29. The third-order valence-electron chi connectivity index (χ3n) is 4.08. The lowest BCUT2D eigenvalue weighted by Crippen LogP contribution is -2.30. The van der Waals surface area contributed by atoms with Crippen LogP contribution in [-0.2, 0) is 11.2 Å². The molecule has 0 aliphatic carbocycles. The quantitative estimate of drug-likeness (QED) is 0.666. The van der Waals surface area contributed by atoms with Crippen molar-refractivity contribution in [2.24, 2.45) is 0 Å². The second-order valence-electron chi connectivity index (χ2n) is 5.90. The van der Waals surface area contributed by atoms with Crippen LogP contribution < -0.4 is 10.6 Å². The number of hydrogen-bond acceptors (Lipinski definition) is 2. The fraction of sp³-hybridized carbons (Fsp3) is 0.316. The highest BCUT2D eigenvalue weighted by Crippen LogP contribution is 2.28. The van der Waals surface area contributed by atoms with Crippen LogP contribution in [0, 0.1) is 12.7 Å². The summed E-state index contributed by atoms with van der Waals surface area (Å²) >= 11 is 11.8. The minimum atomic E-state index is -0.535. The van der Waals surface area contributed by atoms with Crippen LogP contribution in [0.3, 0.4) is 0 Å². The van der Waals surface area contributed by atoms with Crippen molar-refractivity contribution in [3.8, 4) is 0 Å². The third-order valence-corrected chi connectivity index (χ3v) is 4.70. The molecule has 0 aliphatic rings. The molecule has 1 atom stereocenters. The number of aryl methyl sites for hydroxylation is 2. The second-order valence-corrected chi connectivity index (χ2v) is 6.72. The van der Waals surface area contributed by atoms with Gasteiger partial charge >= 0.3 is 0 Å². The van der Waals surface area contributed by atoms with E-state index in [1.165, 1.54) is 12.1 Å². The van der Waals surface area contributed by atoms with E-state index in [1.54, 1.807) is 0 Å². The van der Waals surface area contributed by atoms with Crippen molar-refractivity contribution in [3.63, 3.8) is 0 Å². The summed E-state index contributed by atoms with van der Waals surface area (Å²) in [6.45, 7) is 5.90. The normalized spacial score (nSPS) is 12.1. The summed E-state index contributed by atoms with van der Waals surface area (Å²) in [5.74, 6) is -0.701. The minimum absolute atomic E-state index is 0.0228. The van der Waals surface area contributed by atoms with E-state index in [-0.39, 0.29) is 23.5 Å². The number of rotatable bonds is 6. The van der Waals surface area contributed by atoms with Crippen LogP contribution in [0.5, 0.6) is 0 Å². The lowest BCUT2D eigenvalue weighted by Gasteiger charge is -2.17. The molecule has 2 aromatic carbocycles. The van der Waals surface area contributed by atoms with E-state index < -0.39 is 5.82 Å². The number of halogens is 3. The molecule has 2 N–H and O–H groups in total. The van der Waals surface area contributed by atoms with Crippen LogP contribution in [0.2, 0.25) is 10.0 Å². The van der Waals surface area contributed by atoms with Crippen LogP contribution in [0.15, 0.2) is 30.3 Å². The highest BCUT2D eigenvalue weighted by Gasteiger charge is 2.15. The van der Waals surface area contributed by atoms with Gasteiger partial charge in [-0.05, 0) is 49.1 Å². The van der Waals surface area contributed by atoms with Gasteiger partial charge in [-0.15, -0.1) is 0 Å². The van der Waals surface area contributed by atoms with E-state index in [1.807, 2.05) is 39.0 Å². The Morgan fingerprint density at radius 3 is 2.64 bits per heavy atom. The molecule has 0 bridgehead atoms. The van der Waals surface area contributed by atoms with Gasteiger partial charge in [0.25, 0.3) is 0 Å². The molecule has 0 radical (unpaired) electrons. The molecule has 2 rings (SSSR count). The predicted molar refractivity (Wildman–Crippen MR) is 102 cm³/mol. The monoisotopic (exact) mass is 382 g/mol. The molecule has 0 aliphatic heterocycles. The van der Waals surface area contributed by atoms with Gasteiger partial charge in [-0.1, -0.05) is 48.3 Å². The Labute approximate surface area is 157 Å². The van der Waals surface area contributed by atoms with Gasteiger partial charge in [-0.3, -0.25) is 4.79 Å². The average molecular weight is 383 g/mol. The first-order valence-corrected chi connectivity index (χ1v) is 8.85. The maximum atomic E-state index is 13.6. The van der Waals surface area contributed by atoms with Crippen molar-refractivity contribution in [2.45, 2.75) is 33.2 Å². The summed E-state index contributed by atoms with van der Waals surface area (Å²) < 4.78 is 13.6. The van der Waals surface area contributed by atoms with Crippen LogP contribution in [-0.4, -0.2) is 12.5 Å². The summed E-state index contributed by atoms with van der Waals surface area (Å²) in [4.78, 5) is 12.3. The maximum absolute atomic E-state index is 13.6. The Kier molecular flexibility index (Phi) is 6.82. The molecule has 0 saturated heterocycles. The Morgan fingerprint density at radius 2 is 1.96 bits per heavy atom. The van der Waals surface area contributed by atoms with Gasteiger partial charge in [-0.2, -0.15) is 0 Å². The lowest BCUT2D eigenvalue weighted by molar-refractivity contribution is -0.115. The Balaban J connectivity index is 2.02. The zero-order chi connectivity index (χ0) is 18.6. The summed E-state index contributed by atoms with van der Waals surface area (Å²) in [7, 11) is 0. The minimum Gasteiger partial charge on any atom is -0.324 e. The number of carbonyl (C=O) groups is 1. The number of nitrogens with one attached hydrogen (secondary N) is 2. The van der Waals surface area contributed by atoms with Crippen molar-refractivity contribution in [3.05, 3.63) is 62.9 Å². The molecule has 1 amide bonds. The molecule has 3 nitrogen and oxygen atoms in total. The number of carbonyl (C=O) groups excluding carboxylic acids is 1. The number of amides is 1. The molecule has 134 valence electrons. The Bertz CT molecular complexity index is 780. The highest BCUT2D eigenvalue weighted by atomic mass is 35.5. The number of benzene rings is 2. The van der Waals surface area contributed by atoms with Crippen LogP contribution in [0.4, 0.5) is 10.1 Å². The molecule has 0 aromatic heterocycles. The molecule has 0 heterocycles. The van der Waals surface area contributed by atoms with E-state index in [2.05, 4.69) is 10.6 Å². The van der Waals surface area contributed by atoms with Gasteiger partial charge in [0.05, 0.1) is 11.6 Å². The number of hydrogen-bond donors (Lipinski definition) is 2. The molecular formula is C19H21Cl2FN2O. The summed E-state index contributed by atoms with van der Waals surface area (Å²) in [5.41, 5.74) is 3.51. The van der Waals surface area contributed by atoms with E-state index in [0.717, 1.165) is 23.2 Å². The first-order valence-electron chi connectivity index (χ1n) is 8.09. The molecular weight excluding hydrogens is 362 g/mol. The third kappa shape index (κ3) is 4.94. The Morgan fingerprint density at radius 1 is 1.24 bits per heavy atom. The average Bonchev–Trinajstić information content (AvgIpc) is 2.57. The van der Waals surface area contributed by atoms with Crippen molar-refractivity contribution in [1.29, 1.82) is 0 Å². The first-order chi connectivity index (χ1) is 11.8. The molecule has 6 heteroatoms. The number of para-hydroxylation sites is 1. The lowest BCUT2D eigenvalue weighted by atomic mass is 10.1. The van der Waals surface area contributed by atoms with Crippen LogP contribution in [0.25, 0.3) is 0 Å². The van der Waals surface area contributed by atoms with E-state index in [4.69, 9.17) is 23.2 Å².